The number of nitrogens with zero attached hydrogens (tertiary/aromatic N) is 2. The van der Waals surface area contributed by atoms with Crippen molar-refractivity contribution in [1.82, 2.24) is 4.98 Å². The highest BCUT2D eigenvalue weighted by Gasteiger charge is 2.06. The van der Waals surface area contributed by atoms with Gasteiger partial charge >= 0.3 is 0 Å². The molecule has 1 N–H and O–H groups in total. The fourth-order valence-corrected chi connectivity index (χ4v) is 2.84. The highest BCUT2D eigenvalue weighted by Crippen LogP contribution is 2.28. The molecule has 0 amide bonds. The summed E-state index contributed by atoms with van der Waals surface area (Å²) in [6, 6.07) is 11.5. The van der Waals surface area contributed by atoms with Gasteiger partial charge in [-0.3, -0.25) is 5.43 Å². The second-order valence-corrected chi connectivity index (χ2v) is 6.69. The lowest BCUT2D eigenvalue weighted by Crippen LogP contribution is -2.02. The van der Waals surface area contributed by atoms with Crippen LogP contribution in [0.25, 0.3) is 0 Å². The largest absolute Gasteiger partial charge is 0.490 e. The summed E-state index contributed by atoms with van der Waals surface area (Å²) in [5.41, 5.74) is 3.85. The van der Waals surface area contributed by atoms with Crippen LogP contribution in [0.2, 0.25) is 0 Å². The van der Waals surface area contributed by atoms with Gasteiger partial charge < -0.3 is 9.47 Å². The van der Waals surface area contributed by atoms with Crippen LogP contribution >= 0.6 is 0 Å². The van der Waals surface area contributed by atoms with Crippen molar-refractivity contribution < 1.29 is 9.47 Å². The Bertz CT molecular complexity index is 690. The lowest BCUT2D eigenvalue weighted by Gasteiger charge is -2.12. The van der Waals surface area contributed by atoms with E-state index in [4.69, 9.17) is 9.47 Å². The average Bonchev–Trinajstić information content (AvgIpc) is 2.72. The predicted octanol–water partition coefficient (Wildman–Crippen LogP) is 6.06. The van der Waals surface area contributed by atoms with Crippen molar-refractivity contribution in [3.8, 4) is 11.5 Å². The molecule has 0 spiro atoms. The summed E-state index contributed by atoms with van der Waals surface area (Å²) in [4.78, 5) is 4.17. The Morgan fingerprint density at radius 3 is 2.50 bits per heavy atom. The van der Waals surface area contributed by atoms with Crippen LogP contribution in [0, 0.1) is 0 Å². The maximum absolute atomic E-state index is 5.95. The van der Waals surface area contributed by atoms with Crippen molar-refractivity contribution in [2.45, 2.75) is 58.8 Å². The Kier molecular flexibility index (Phi) is 10.5. The van der Waals surface area contributed by atoms with Crippen molar-refractivity contribution in [1.29, 1.82) is 0 Å². The van der Waals surface area contributed by atoms with Gasteiger partial charge in [0.1, 0.15) is 5.82 Å². The van der Waals surface area contributed by atoms with Crippen molar-refractivity contribution >= 4 is 12.0 Å². The fourth-order valence-electron chi connectivity index (χ4n) is 2.84. The normalized spacial score (nSPS) is 10.9. The van der Waals surface area contributed by atoms with Gasteiger partial charge in [-0.25, -0.2) is 4.98 Å². The second kappa shape index (κ2) is 13.6. The molecule has 0 fully saturated rings. The molecule has 0 aliphatic heterocycles. The first-order valence-corrected chi connectivity index (χ1v) is 10.4. The minimum Gasteiger partial charge on any atom is -0.490 e. The number of pyridine rings is 1. The molecule has 0 aliphatic rings. The molecule has 0 saturated heterocycles. The number of hydrazone groups is 1. The lowest BCUT2D eigenvalue weighted by molar-refractivity contribution is 0.270. The van der Waals surface area contributed by atoms with Gasteiger partial charge in [-0.1, -0.05) is 51.5 Å². The standard InChI is InChI=1S/C23H33N3O2/c1-3-5-6-7-8-9-12-17-28-21-15-14-20(18-22(21)27-4-2)19-25-26-23-13-10-11-16-24-23/h10-11,13-16,18-19H,3-9,12,17H2,1-2H3,(H,24,26)/b25-19+. The maximum Gasteiger partial charge on any atom is 0.161 e. The van der Waals surface area contributed by atoms with Crippen molar-refractivity contribution in [3.05, 3.63) is 48.2 Å². The van der Waals surface area contributed by atoms with E-state index >= 15 is 0 Å². The quantitative estimate of drug-likeness (QED) is 0.245. The van der Waals surface area contributed by atoms with Crippen LogP contribution in [-0.4, -0.2) is 24.4 Å². The van der Waals surface area contributed by atoms with Crippen molar-refractivity contribution in [3.63, 3.8) is 0 Å². The van der Waals surface area contributed by atoms with E-state index in [1.54, 1.807) is 12.4 Å². The number of anilines is 1. The number of aromatic nitrogens is 1. The molecule has 1 aromatic carbocycles. The van der Waals surface area contributed by atoms with E-state index in [9.17, 15) is 0 Å². The summed E-state index contributed by atoms with van der Waals surface area (Å²) in [6.45, 7) is 5.55. The van der Waals surface area contributed by atoms with Gasteiger partial charge in [-0.2, -0.15) is 5.10 Å². The number of rotatable bonds is 14. The second-order valence-electron chi connectivity index (χ2n) is 6.69. The third kappa shape index (κ3) is 8.42. The highest BCUT2D eigenvalue weighted by molar-refractivity contribution is 5.81. The van der Waals surface area contributed by atoms with Crippen LogP contribution in [0.5, 0.6) is 11.5 Å². The van der Waals surface area contributed by atoms with Gasteiger partial charge in [-0.15, -0.1) is 0 Å². The van der Waals surface area contributed by atoms with E-state index < -0.39 is 0 Å². The molecule has 0 aliphatic carbocycles. The SMILES string of the molecule is CCCCCCCCCOc1ccc(/C=N/Nc2ccccn2)cc1OCC. The summed E-state index contributed by atoms with van der Waals surface area (Å²) in [6.07, 6.45) is 12.4. The van der Waals surface area contributed by atoms with E-state index in [-0.39, 0.29) is 0 Å². The minimum atomic E-state index is 0.598. The molecule has 152 valence electrons. The molecule has 0 bridgehead atoms. The van der Waals surface area contributed by atoms with Gasteiger partial charge in [0.15, 0.2) is 11.5 Å². The van der Waals surface area contributed by atoms with Crippen molar-refractivity contribution in [2.24, 2.45) is 5.10 Å². The van der Waals surface area contributed by atoms with E-state index in [2.05, 4.69) is 22.4 Å². The summed E-state index contributed by atoms with van der Waals surface area (Å²) >= 11 is 0. The molecular weight excluding hydrogens is 350 g/mol. The van der Waals surface area contributed by atoms with E-state index in [1.165, 1.54) is 38.5 Å². The van der Waals surface area contributed by atoms with Crippen LogP contribution < -0.4 is 14.9 Å². The Labute approximate surface area is 169 Å². The third-order valence-corrected chi connectivity index (χ3v) is 4.33. The number of benzene rings is 1. The van der Waals surface area contributed by atoms with Gasteiger partial charge in [0, 0.05) is 6.20 Å². The molecule has 0 saturated carbocycles. The van der Waals surface area contributed by atoms with Gasteiger partial charge in [-0.05, 0) is 49.2 Å². The minimum absolute atomic E-state index is 0.598. The van der Waals surface area contributed by atoms with Gasteiger partial charge in [0.25, 0.3) is 0 Å². The van der Waals surface area contributed by atoms with Gasteiger partial charge in [0.05, 0.1) is 19.4 Å². The van der Waals surface area contributed by atoms with Crippen molar-refractivity contribution in [2.75, 3.05) is 18.6 Å². The highest BCUT2D eigenvalue weighted by atomic mass is 16.5. The zero-order valence-corrected chi connectivity index (χ0v) is 17.2. The van der Waals surface area contributed by atoms with Crippen LogP contribution in [0.1, 0.15) is 64.4 Å². The third-order valence-electron chi connectivity index (χ3n) is 4.33. The molecule has 2 rings (SSSR count). The first kappa shape index (κ1) is 21.7. The Balaban J connectivity index is 1.80. The Morgan fingerprint density at radius 2 is 1.75 bits per heavy atom. The number of unbranched alkanes of at least 4 members (excludes halogenated alkanes) is 6. The summed E-state index contributed by atoms with van der Waals surface area (Å²) < 4.78 is 11.7. The first-order chi connectivity index (χ1) is 13.8. The zero-order chi connectivity index (χ0) is 19.9. The number of hydrogen-bond acceptors (Lipinski definition) is 5. The van der Waals surface area contributed by atoms with Crippen LogP contribution in [0.4, 0.5) is 5.82 Å². The molecule has 5 heteroatoms. The van der Waals surface area contributed by atoms with E-state index in [0.717, 1.165) is 30.1 Å². The smallest absolute Gasteiger partial charge is 0.161 e. The number of ether oxygens (including phenoxy) is 2. The summed E-state index contributed by atoms with van der Waals surface area (Å²) in [5.74, 6) is 2.26. The molecule has 0 radical (unpaired) electrons. The van der Waals surface area contributed by atoms with Crippen LogP contribution in [0.15, 0.2) is 47.7 Å². The molecular formula is C23H33N3O2. The van der Waals surface area contributed by atoms with Crippen LogP contribution in [-0.2, 0) is 0 Å². The topological polar surface area (TPSA) is 55.7 Å². The monoisotopic (exact) mass is 383 g/mol. The van der Waals surface area contributed by atoms with Gasteiger partial charge in [0.2, 0.25) is 0 Å². The molecule has 28 heavy (non-hydrogen) atoms. The molecule has 5 nitrogen and oxygen atoms in total. The molecule has 0 atom stereocenters. The molecule has 0 unspecified atom stereocenters. The lowest BCUT2D eigenvalue weighted by atomic mass is 10.1. The Morgan fingerprint density at radius 1 is 0.929 bits per heavy atom. The van der Waals surface area contributed by atoms with E-state index in [1.807, 2.05) is 43.3 Å². The summed E-state index contributed by atoms with van der Waals surface area (Å²) in [7, 11) is 0. The Hall–Kier alpha value is -2.56. The molecule has 1 aromatic heterocycles. The van der Waals surface area contributed by atoms with Crippen LogP contribution in [0.3, 0.4) is 0 Å². The number of nitrogens with one attached hydrogen (secondary N) is 1. The fraction of sp³-hybridized carbons (Fsp3) is 0.478. The first-order valence-electron chi connectivity index (χ1n) is 10.4. The summed E-state index contributed by atoms with van der Waals surface area (Å²) in [5, 5.41) is 4.23. The molecule has 2 aromatic rings. The number of hydrogen-bond donors (Lipinski definition) is 1. The molecule has 1 heterocycles. The average molecular weight is 384 g/mol. The predicted molar refractivity (Wildman–Crippen MR) is 117 cm³/mol. The van der Waals surface area contributed by atoms with E-state index in [0.29, 0.717) is 12.4 Å². The maximum atomic E-state index is 5.95. The zero-order valence-electron chi connectivity index (χ0n) is 17.2.